The lowest BCUT2D eigenvalue weighted by molar-refractivity contribution is -0.118. The van der Waals surface area contributed by atoms with Crippen LogP contribution in [0.25, 0.3) is 5.69 Å². The van der Waals surface area contributed by atoms with Crippen LogP contribution in [0.5, 0.6) is 5.75 Å². The van der Waals surface area contributed by atoms with Crippen molar-refractivity contribution in [1.82, 2.24) is 9.78 Å². The standard InChI is InChI=1S/C20H18ClN3O2S/c1-13-5-2-3-8-18(13)26-10-19(25)22-20-16-11-27-12-17(16)23-24(20)15-7-4-6-14(21)9-15/h2-9H,10-12H2,1H3,(H,22,25). The smallest absolute Gasteiger partial charge is 0.263 e. The fourth-order valence-electron chi connectivity index (χ4n) is 2.97. The molecule has 0 unspecified atom stereocenters. The summed E-state index contributed by atoms with van der Waals surface area (Å²) >= 11 is 7.91. The van der Waals surface area contributed by atoms with E-state index >= 15 is 0 Å². The van der Waals surface area contributed by atoms with E-state index in [0.717, 1.165) is 34.0 Å². The van der Waals surface area contributed by atoms with Crippen molar-refractivity contribution in [2.24, 2.45) is 0 Å². The van der Waals surface area contributed by atoms with Crippen molar-refractivity contribution in [3.63, 3.8) is 0 Å². The number of para-hydroxylation sites is 1. The van der Waals surface area contributed by atoms with E-state index in [-0.39, 0.29) is 12.5 Å². The van der Waals surface area contributed by atoms with E-state index < -0.39 is 0 Å². The van der Waals surface area contributed by atoms with Crippen LogP contribution in [0.4, 0.5) is 5.82 Å². The minimum atomic E-state index is -0.221. The van der Waals surface area contributed by atoms with Gasteiger partial charge in [-0.05, 0) is 36.8 Å². The van der Waals surface area contributed by atoms with Crippen molar-refractivity contribution in [1.29, 1.82) is 0 Å². The maximum absolute atomic E-state index is 12.5. The number of thioether (sulfide) groups is 1. The average Bonchev–Trinajstić information content (AvgIpc) is 3.24. The summed E-state index contributed by atoms with van der Waals surface area (Å²) in [7, 11) is 0. The maximum Gasteiger partial charge on any atom is 0.263 e. The van der Waals surface area contributed by atoms with Gasteiger partial charge in [0.05, 0.1) is 11.4 Å². The molecular formula is C20H18ClN3O2S. The van der Waals surface area contributed by atoms with Crippen LogP contribution in [0.1, 0.15) is 16.8 Å². The van der Waals surface area contributed by atoms with Crippen LogP contribution in [0, 0.1) is 6.92 Å². The molecule has 1 aromatic heterocycles. The zero-order chi connectivity index (χ0) is 18.8. The second-order valence-electron chi connectivity index (χ2n) is 6.26. The first-order valence-electron chi connectivity index (χ1n) is 8.54. The van der Waals surface area contributed by atoms with Crippen molar-refractivity contribution < 1.29 is 9.53 Å². The third-order valence-corrected chi connectivity index (χ3v) is 5.52. The van der Waals surface area contributed by atoms with E-state index in [1.165, 1.54) is 0 Å². The molecule has 0 saturated heterocycles. The van der Waals surface area contributed by atoms with E-state index in [0.29, 0.717) is 16.6 Å². The molecule has 27 heavy (non-hydrogen) atoms. The van der Waals surface area contributed by atoms with E-state index in [1.807, 2.05) is 55.5 Å². The van der Waals surface area contributed by atoms with E-state index in [4.69, 9.17) is 16.3 Å². The van der Waals surface area contributed by atoms with Gasteiger partial charge in [0.1, 0.15) is 11.6 Å². The molecule has 4 rings (SSSR count). The summed E-state index contributed by atoms with van der Waals surface area (Å²) < 4.78 is 7.42. The summed E-state index contributed by atoms with van der Waals surface area (Å²) in [6, 6.07) is 15.1. The number of carbonyl (C=O) groups excluding carboxylic acids is 1. The van der Waals surface area contributed by atoms with Gasteiger partial charge in [-0.25, -0.2) is 4.68 Å². The number of ether oxygens (including phenoxy) is 1. The Bertz CT molecular complexity index is 1000. The summed E-state index contributed by atoms with van der Waals surface area (Å²) in [4.78, 5) is 12.5. The number of aromatic nitrogens is 2. The molecule has 0 aliphatic carbocycles. The van der Waals surface area contributed by atoms with Crippen LogP contribution in [-0.4, -0.2) is 22.3 Å². The second kappa shape index (κ2) is 7.66. The quantitative estimate of drug-likeness (QED) is 0.681. The Morgan fingerprint density at radius 1 is 1.26 bits per heavy atom. The van der Waals surface area contributed by atoms with E-state index in [2.05, 4.69) is 10.4 Å². The number of carbonyl (C=O) groups is 1. The predicted molar refractivity (Wildman–Crippen MR) is 109 cm³/mol. The molecule has 7 heteroatoms. The van der Waals surface area contributed by atoms with Crippen LogP contribution in [-0.2, 0) is 16.3 Å². The molecule has 138 valence electrons. The zero-order valence-corrected chi connectivity index (χ0v) is 16.3. The Balaban J connectivity index is 1.56. The van der Waals surface area contributed by atoms with Gasteiger partial charge in [0, 0.05) is 22.1 Å². The van der Waals surface area contributed by atoms with Gasteiger partial charge in [-0.2, -0.15) is 16.9 Å². The summed E-state index contributed by atoms with van der Waals surface area (Å²) in [5, 5.41) is 8.27. The SMILES string of the molecule is Cc1ccccc1OCC(=O)Nc1c2c(nn1-c1cccc(Cl)c1)CSC2. The molecule has 1 aliphatic rings. The molecule has 0 spiro atoms. The first kappa shape index (κ1) is 17.9. The summed E-state index contributed by atoms with van der Waals surface area (Å²) in [5.74, 6) is 2.84. The van der Waals surface area contributed by atoms with Gasteiger partial charge in [0.15, 0.2) is 6.61 Å². The molecule has 0 fully saturated rings. The molecule has 0 radical (unpaired) electrons. The van der Waals surface area contributed by atoms with Gasteiger partial charge in [-0.1, -0.05) is 35.9 Å². The number of hydrogen-bond acceptors (Lipinski definition) is 4. The van der Waals surface area contributed by atoms with E-state index in [1.54, 1.807) is 16.4 Å². The van der Waals surface area contributed by atoms with Crippen molar-refractivity contribution in [2.75, 3.05) is 11.9 Å². The Kier molecular flexibility index (Phi) is 5.09. The number of hydrogen-bond donors (Lipinski definition) is 1. The Labute approximate surface area is 166 Å². The minimum Gasteiger partial charge on any atom is -0.483 e. The Morgan fingerprint density at radius 3 is 2.93 bits per heavy atom. The largest absolute Gasteiger partial charge is 0.483 e. The molecule has 1 amide bonds. The van der Waals surface area contributed by atoms with Crippen molar-refractivity contribution in [3.8, 4) is 11.4 Å². The first-order valence-corrected chi connectivity index (χ1v) is 10.1. The molecule has 1 aliphatic heterocycles. The van der Waals surface area contributed by atoms with Gasteiger partial charge in [0.25, 0.3) is 5.91 Å². The highest BCUT2D eigenvalue weighted by Crippen LogP contribution is 2.36. The third kappa shape index (κ3) is 3.82. The summed E-state index contributed by atoms with van der Waals surface area (Å²) in [6.07, 6.45) is 0. The van der Waals surface area contributed by atoms with Gasteiger partial charge in [0.2, 0.25) is 0 Å². The number of amides is 1. The Morgan fingerprint density at radius 2 is 2.11 bits per heavy atom. The van der Waals surface area contributed by atoms with Crippen molar-refractivity contribution in [2.45, 2.75) is 18.4 Å². The number of halogens is 1. The van der Waals surface area contributed by atoms with Crippen LogP contribution in [0.15, 0.2) is 48.5 Å². The van der Waals surface area contributed by atoms with Gasteiger partial charge >= 0.3 is 0 Å². The highest BCUT2D eigenvalue weighted by Gasteiger charge is 2.25. The molecule has 0 bridgehead atoms. The monoisotopic (exact) mass is 399 g/mol. The topological polar surface area (TPSA) is 56.1 Å². The van der Waals surface area contributed by atoms with Crippen LogP contribution < -0.4 is 10.1 Å². The van der Waals surface area contributed by atoms with Gasteiger partial charge < -0.3 is 10.1 Å². The molecule has 5 nitrogen and oxygen atoms in total. The molecule has 3 aromatic rings. The number of rotatable bonds is 5. The van der Waals surface area contributed by atoms with E-state index in [9.17, 15) is 4.79 Å². The van der Waals surface area contributed by atoms with Gasteiger partial charge in [-0.3, -0.25) is 4.79 Å². The van der Waals surface area contributed by atoms with Gasteiger partial charge in [-0.15, -0.1) is 0 Å². The normalized spacial score (nSPS) is 12.7. The maximum atomic E-state index is 12.5. The van der Waals surface area contributed by atoms with Crippen molar-refractivity contribution in [3.05, 3.63) is 70.4 Å². The highest BCUT2D eigenvalue weighted by molar-refractivity contribution is 7.98. The molecular weight excluding hydrogens is 382 g/mol. The fraction of sp³-hybridized carbons (Fsp3) is 0.200. The second-order valence-corrected chi connectivity index (χ2v) is 7.68. The first-order chi connectivity index (χ1) is 13.1. The number of fused-ring (bicyclic) bond motifs is 1. The number of benzene rings is 2. The number of aryl methyl sites for hydroxylation is 1. The average molecular weight is 400 g/mol. The lowest BCUT2D eigenvalue weighted by atomic mass is 10.2. The third-order valence-electron chi connectivity index (χ3n) is 4.31. The lowest BCUT2D eigenvalue weighted by Gasteiger charge is -2.12. The highest BCUT2D eigenvalue weighted by atomic mass is 35.5. The van der Waals surface area contributed by atoms with Crippen molar-refractivity contribution >= 4 is 35.1 Å². The van der Waals surface area contributed by atoms with Crippen LogP contribution in [0.3, 0.4) is 0 Å². The predicted octanol–water partition coefficient (Wildman–Crippen LogP) is 4.60. The molecule has 2 heterocycles. The molecule has 1 N–H and O–H groups in total. The zero-order valence-electron chi connectivity index (χ0n) is 14.7. The summed E-state index contributed by atoms with van der Waals surface area (Å²) in [5.41, 5.74) is 3.86. The fourth-order valence-corrected chi connectivity index (χ4v) is 4.19. The van der Waals surface area contributed by atoms with Crippen LogP contribution in [0.2, 0.25) is 5.02 Å². The lowest BCUT2D eigenvalue weighted by Crippen LogP contribution is -2.22. The number of anilines is 1. The molecule has 2 aromatic carbocycles. The summed E-state index contributed by atoms with van der Waals surface area (Å²) in [6.45, 7) is 1.89. The minimum absolute atomic E-state index is 0.0620. The molecule has 0 saturated carbocycles. The number of nitrogens with one attached hydrogen (secondary N) is 1. The molecule has 0 atom stereocenters. The number of nitrogens with zero attached hydrogens (tertiary/aromatic N) is 2. The van der Waals surface area contributed by atoms with Crippen LogP contribution >= 0.6 is 23.4 Å². The Hall–Kier alpha value is -2.44.